The van der Waals surface area contributed by atoms with Crippen LogP contribution in [0.5, 0.6) is 11.5 Å². The predicted molar refractivity (Wildman–Crippen MR) is 144 cm³/mol. The molecule has 5 aromatic rings. The van der Waals surface area contributed by atoms with Crippen LogP contribution in [0.15, 0.2) is 48.7 Å². The monoisotopic (exact) mass is 607 g/mol. The average molecular weight is 609 g/mol. The number of rotatable bonds is 6. The number of ether oxygens (including phenoxy) is 1. The zero-order valence-corrected chi connectivity index (χ0v) is 23.5. The van der Waals surface area contributed by atoms with Crippen molar-refractivity contribution in [3.63, 3.8) is 0 Å². The van der Waals surface area contributed by atoms with Crippen molar-refractivity contribution in [3.05, 3.63) is 70.0 Å². The summed E-state index contributed by atoms with van der Waals surface area (Å²) in [5, 5.41) is 23.8. The number of nitriles is 1. The summed E-state index contributed by atoms with van der Waals surface area (Å²) in [7, 11) is 1.69. The highest BCUT2D eigenvalue weighted by Crippen LogP contribution is 2.37. The first-order valence-electron chi connectivity index (χ1n) is 11.2. The number of hydrogen-bond donors (Lipinski definition) is 1. The molecule has 0 spiro atoms. The van der Waals surface area contributed by atoms with Gasteiger partial charge in [0.05, 0.1) is 47.5 Å². The standard InChI is InChI=1S/C24H19Cl2N9O2.2ClH/c1-33(8-6-27)24(36)35-23-17(3-2-7-29-23)19(31-35)13-34-20-5-4-18(26)22(21(20)30-32-34)37-16-10-14(12-28)9-15(25)11-16;;/h2-5,7,9-11H,6,8,13,27H2,1H3;2*1H. The van der Waals surface area contributed by atoms with Crippen molar-refractivity contribution in [2.24, 2.45) is 0 Å². The Kier molecular flexibility index (Phi) is 9.55. The Morgan fingerprint density at radius 3 is 2.77 bits per heavy atom. The van der Waals surface area contributed by atoms with Gasteiger partial charge in [-0.1, -0.05) is 28.4 Å². The SMILES string of the molecule is CN(CC[NH3+])C(=O)n1nc(Cn2nnc3c(Oc4cc(Cl)cc(C#N)c4)c(Cl)ccc32)c2cccnc21.Cl.[Cl-]. The number of hydrogen-bond acceptors (Lipinski definition) is 7. The number of benzene rings is 2. The van der Waals surface area contributed by atoms with Gasteiger partial charge in [-0.2, -0.15) is 15.0 Å². The first-order chi connectivity index (χ1) is 17.9. The van der Waals surface area contributed by atoms with Crippen LogP contribution >= 0.6 is 35.6 Å². The highest BCUT2D eigenvalue weighted by molar-refractivity contribution is 6.33. The van der Waals surface area contributed by atoms with Crippen LogP contribution in [0.1, 0.15) is 11.3 Å². The Labute approximate surface area is 244 Å². The van der Waals surface area contributed by atoms with Gasteiger partial charge in [0.1, 0.15) is 5.75 Å². The highest BCUT2D eigenvalue weighted by atomic mass is 35.5. The molecule has 0 saturated carbocycles. The third kappa shape index (κ3) is 5.85. The molecular weight excluding hydrogens is 588 g/mol. The quantitative estimate of drug-likeness (QED) is 0.300. The largest absolute Gasteiger partial charge is 1.00 e. The van der Waals surface area contributed by atoms with E-state index >= 15 is 0 Å². The summed E-state index contributed by atoms with van der Waals surface area (Å²) >= 11 is 12.6. The molecule has 0 saturated heterocycles. The van der Waals surface area contributed by atoms with Crippen molar-refractivity contribution in [1.82, 2.24) is 34.7 Å². The van der Waals surface area contributed by atoms with E-state index in [9.17, 15) is 10.1 Å². The third-order valence-electron chi connectivity index (χ3n) is 5.63. The number of carbonyl (C=O) groups is 1. The molecule has 39 heavy (non-hydrogen) atoms. The molecule has 0 atom stereocenters. The minimum Gasteiger partial charge on any atom is -1.00 e. The fourth-order valence-corrected chi connectivity index (χ4v) is 4.32. The van der Waals surface area contributed by atoms with Crippen LogP contribution in [-0.2, 0) is 6.54 Å². The molecule has 0 aliphatic carbocycles. The van der Waals surface area contributed by atoms with E-state index in [1.54, 1.807) is 53.2 Å². The second kappa shape index (κ2) is 12.5. The molecule has 0 aliphatic rings. The molecule has 0 unspecified atom stereocenters. The van der Waals surface area contributed by atoms with Crippen LogP contribution in [0.2, 0.25) is 10.0 Å². The topological polar surface area (TPSA) is 142 Å². The van der Waals surface area contributed by atoms with Gasteiger partial charge in [-0.3, -0.25) is 0 Å². The molecule has 11 nitrogen and oxygen atoms in total. The Hall–Kier alpha value is -3.66. The minimum absolute atomic E-state index is 0. The summed E-state index contributed by atoms with van der Waals surface area (Å²) in [4.78, 5) is 18.9. The molecule has 0 radical (unpaired) electrons. The van der Waals surface area contributed by atoms with Crippen LogP contribution in [0.3, 0.4) is 0 Å². The van der Waals surface area contributed by atoms with Crippen molar-refractivity contribution in [2.75, 3.05) is 20.1 Å². The van der Waals surface area contributed by atoms with Crippen molar-refractivity contribution < 1.29 is 27.7 Å². The molecule has 3 aromatic heterocycles. The maximum Gasteiger partial charge on any atom is 0.346 e. The number of halogens is 4. The summed E-state index contributed by atoms with van der Waals surface area (Å²) in [5.41, 5.74) is 6.24. The minimum atomic E-state index is -0.303. The van der Waals surface area contributed by atoms with Gasteiger partial charge >= 0.3 is 6.03 Å². The lowest BCUT2D eigenvalue weighted by molar-refractivity contribution is -0.367. The van der Waals surface area contributed by atoms with Gasteiger partial charge in [0, 0.05) is 23.7 Å². The van der Waals surface area contributed by atoms with E-state index in [2.05, 4.69) is 26.1 Å². The Morgan fingerprint density at radius 1 is 1.23 bits per heavy atom. The van der Waals surface area contributed by atoms with Crippen LogP contribution < -0.4 is 22.9 Å². The lowest BCUT2D eigenvalue weighted by Gasteiger charge is -2.14. The maximum atomic E-state index is 13.0. The van der Waals surface area contributed by atoms with E-state index in [0.717, 1.165) is 5.39 Å². The van der Waals surface area contributed by atoms with Crippen LogP contribution in [0, 0.1) is 11.3 Å². The number of nitrogens with zero attached hydrogens (tertiary/aromatic N) is 8. The Morgan fingerprint density at radius 2 is 2.03 bits per heavy atom. The first-order valence-corrected chi connectivity index (χ1v) is 11.9. The molecular formula is C24H21Cl4N9O2. The van der Waals surface area contributed by atoms with Gasteiger partial charge in [-0.05, 0) is 42.5 Å². The highest BCUT2D eigenvalue weighted by Gasteiger charge is 2.22. The smallest absolute Gasteiger partial charge is 0.346 e. The summed E-state index contributed by atoms with van der Waals surface area (Å²) in [5.74, 6) is 0.618. The van der Waals surface area contributed by atoms with Gasteiger partial charge in [-0.15, -0.1) is 17.5 Å². The number of amides is 1. The van der Waals surface area contributed by atoms with Gasteiger partial charge in [0.25, 0.3) is 0 Å². The molecule has 202 valence electrons. The van der Waals surface area contributed by atoms with Crippen LogP contribution in [0.4, 0.5) is 4.79 Å². The Balaban J connectivity index is 0.00000210. The van der Waals surface area contributed by atoms with E-state index in [1.165, 1.54) is 10.7 Å². The van der Waals surface area contributed by atoms with Crippen molar-refractivity contribution >= 4 is 63.7 Å². The molecule has 0 fully saturated rings. The van der Waals surface area contributed by atoms with Crippen LogP contribution in [-0.4, -0.2) is 60.8 Å². The average Bonchev–Trinajstić information content (AvgIpc) is 3.47. The molecule has 3 N–H and O–H groups in total. The van der Waals surface area contributed by atoms with E-state index in [-0.39, 0.29) is 43.1 Å². The van der Waals surface area contributed by atoms with Crippen molar-refractivity contribution in [1.29, 1.82) is 5.26 Å². The lowest BCUT2D eigenvalue weighted by atomic mass is 10.2. The number of fused-ring (bicyclic) bond motifs is 2. The number of pyridine rings is 1. The number of likely N-dealkylation sites (N-methyl/N-ethyl adjacent to an activating group) is 1. The molecule has 3 heterocycles. The Bertz CT molecular complexity index is 1700. The van der Waals surface area contributed by atoms with E-state index in [0.29, 0.717) is 56.8 Å². The second-order valence-electron chi connectivity index (χ2n) is 8.17. The molecule has 2 aromatic carbocycles. The number of aromatic nitrogens is 6. The summed E-state index contributed by atoms with van der Waals surface area (Å²) < 4.78 is 8.92. The van der Waals surface area contributed by atoms with Gasteiger partial charge in [0.15, 0.2) is 16.9 Å². The lowest BCUT2D eigenvalue weighted by Crippen LogP contribution is -3.00. The summed E-state index contributed by atoms with van der Waals surface area (Å²) in [6.45, 7) is 1.28. The second-order valence-corrected chi connectivity index (χ2v) is 9.02. The van der Waals surface area contributed by atoms with E-state index in [4.69, 9.17) is 27.9 Å². The van der Waals surface area contributed by atoms with E-state index in [1.807, 2.05) is 12.1 Å². The third-order valence-corrected chi connectivity index (χ3v) is 6.15. The molecule has 0 bridgehead atoms. The van der Waals surface area contributed by atoms with Gasteiger partial charge in [0.2, 0.25) is 0 Å². The molecule has 0 aliphatic heterocycles. The molecule has 1 amide bonds. The number of carbonyl (C=O) groups excluding carboxylic acids is 1. The van der Waals surface area contributed by atoms with Crippen molar-refractivity contribution in [2.45, 2.75) is 6.54 Å². The summed E-state index contributed by atoms with van der Waals surface area (Å²) in [6.07, 6.45) is 1.61. The molecule has 5 rings (SSSR count). The normalized spacial score (nSPS) is 10.5. The zero-order chi connectivity index (χ0) is 26.1. The first kappa shape index (κ1) is 29.9. The fraction of sp³-hybridized carbons (Fsp3) is 0.167. The van der Waals surface area contributed by atoms with Crippen LogP contribution in [0.25, 0.3) is 22.1 Å². The summed E-state index contributed by atoms with van der Waals surface area (Å²) in [6, 6.07) is 13.5. The van der Waals surface area contributed by atoms with Gasteiger partial charge < -0.3 is 27.8 Å². The van der Waals surface area contributed by atoms with E-state index < -0.39 is 0 Å². The van der Waals surface area contributed by atoms with Crippen molar-refractivity contribution in [3.8, 4) is 17.6 Å². The maximum absolute atomic E-state index is 13.0. The van der Waals surface area contributed by atoms with Gasteiger partial charge in [-0.25, -0.2) is 14.5 Å². The molecule has 15 heteroatoms. The fourth-order valence-electron chi connectivity index (χ4n) is 3.91. The zero-order valence-electron chi connectivity index (χ0n) is 20.4. The number of quaternary nitrogens is 1. The predicted octanol–water partition coefficient (Wildman–Crippen LogP) is 0.763.